The molecule has 2 aromatic heterocycles. The van der Waals surface area contributed by atoms with E-state index in [2.05, 4.69) is 10.1 Å². The number of benzene rings is 1. The Kier molecular flexibility index (Phi) is 6.08. The summed E-state index contributed by atoms with van der Waals surface area (Å²) < 4.78 is 15.8. The number of thiophene rings is 1. The van der Waals surface area contributed by atoms with Gasteiger partial charge in [-0.3, -0.25) is 4.79 Å². The second kappa shape index (κ2) is 8.68. The molecule has 0 unspecified atom stereocenters. The van der Waals surface area contributed by atoms with Gasteiger partial charge < -0.3 is 18.9 Å². The third-order valence-corrected chi connectivity index (χ3v) is 4.96. The lowest BCUT2D eigenvalue weighted by atomic mass is 10.1. The van der Waals surface area contributed by atoms with Gasteiger partial charge in [0.15, 0.2) is 0 Å². The van der Waals surface area contributed by atoms with E-state index in [4.69, 9.17) is 14.0 Å². The third-order valence-electron chi connectivity index (χ3n) is 4.09. The number of hydrogen-bond donors (Lipinski definition) is 0. The number of methoxy groups -OCH3 is 2. The lowest BCUT2D eigenvalue weighted by molar-refractivity contribution is -0.130. The van der Waals surface area contributed by atoms with Crippen molar-refractivity contribution in [3.63, 3.8) is 0 Å². The van der Waals surface area contributed by atoms with Gasteiger partial charge in [-0.2, -0.15) is 4.98 Å². The highest BCUT2D eigenvalue weighted by molar-refractivity contribution is 7.13. The molecule has 0 aliphatic heterocycles. The van der Waals surface area contributed by atoms with Crippen molar-refractivity contribution < 1.29 is 18.8 Å². The first kappa shape index (κ1) is 18.9. The van der Waals surface area contributed by atoms with E-state index in [1.165, 1.54) is 0 Å². The summed E-state index contributed by atoms with van der Waals surface area (Å²) in [6.07, 6.45) is 0.697. The molecule has 0 saturated carbocycles. The molecule has 0 aliphatic rings. The SMILES string of the molecule is COc1ccc(CN(C)C(=O)CCc2nc(-c3cccs3)no2)c(OC)c1. The van der Waals surface area contributed by atoms with Crippen LogP contribution in [0.2, 0.25) is 0 Å². The maximum absolute atomic E-state index is 12.5. The smallest absolute Gasteiger partial charge is 0.227 e. The van der Waals surface area contributed by atoms with Crippen LogP contribution in [-0.4, -0.2) is 42.2 Å². The molecule has 0 atom stereocenters. The minimum atomic E-state index is -0.0104. The molecule has 3 rings (SSSR count). The summed E-state index contributed by atoms with van der Waals surface area (Å²) in [7, 11) is 4.96. The molecular formula is C19H21N3O4S. The number of hydrogen-bond acceptors (Lipinski definition) is 7. The first-order valence-electron chi connectivity index (χ1n) is 8.42. The van der Waals surface area contributed by atoms with Gasteiger partial charge in [0.1, 0.15) is 11.5 Å². The van der Waals surface area contributed by atoms with Crippen molar-refractivity contribution in [1.29, 1.82) is 0 Å². The molecule has 27 heavy (non-hydrogen) atoms. The van der Waals surface area contributed by atoms with Gasteiger partial charge in [0, 0.05) is 38.1 Å². The van der Waals surface area contributed by atoms with Crippen LogP contribution in [0.15, 0.2) is 40.2 Å². The summed E-state index contributed by atoms with van der Waals surface area (Å²) >= 11 is 1.54. The molecule has 1 amide bonds. The largest absolute Gasteiger partial charge is 0.497 e. The van der Waals surface area contributed by atoms with Crippen molar-refractivity contribution in [3.8, 4) is 22.2 Å². The average Bonchev–Trinajstić information content (AvgIpc) is 3.37. The molecule has 3 aromatic rings. The molecule has 7 nitrogen and oxygen atoms in total. The lowest BCUT2D eigenvalue weighted by Crippen LogP contribution is -2.26. The Hall–Kier alpha value is -2.87. The summed E-state index contributed by atoms with van der Waals surface area (Å²) in [6, 6.07) is 9.41. The second-order valence-electron chi connectivity index (χ2n) is 5.92. The summed E-state index contributed by atoms with van der Waals surface area (Å²) in [5.41, 5.74) is 0.909. The van der Waals surface area contributed by atoms with Crippen LogP contribution in [0.25, 0.3) is 10.7 Å². The van der Waals surface area contributed by atoms with Crippen LogP contribution in [-0.2, 0) is 17.8 Å². The average molecular weight is 387 g/mol. The summed E-state index contributed by atoms with van der Waals surface area (Å²) in [6.45, 7) is 0.441. The van der Waals surface area contributed by atoms with Gasteiger partial charge in [0.2, 0.25) is 17.6 Å². The minimum Gasteiger partial charge on any atom is -0.497 e. The van der Waals surface area contributed by atoms with E-state index in [0.29, 0.717) is 42.6 Å². The van der Waals surface area contributed by atoms with E-state index in [1.54, 1.807) is 43.6 Å². The number of nitrogens with zero attached hydrogens (tertiary/aromatic N) is 3. The van der Waals surface area contributed by atoms with E-state index in [0.717, 1.165) is 10.4 Å². The van der Waals surface area contributed by atoms with Crippen LogP contribution in [0.1, 0.15) is 17.9 Å². The van der Waals surface area contributed by atoms with E-state index < -0.39 is 0 Å². The molecular weight excluding hydrogens is 366 g/mol. The predicted octanol–water partition coefficient (Wildman–Crippen LogP) is 3.41. The fourth-order valence-corrected chi connectivity index (χ4v) is 3.24. The Balaban J connectivity index is 1.57. The van der Waals surface area contributed by atoms with Gasteiger partial charge in [-0.15, -0.1) is 11.3 Å². The Labute approximate surface area is 161 Å². The van der Waals surface area contributed by atoms with Crippen LogP contribution in [0.5, 0.6) is 11.5 Å². The standard InChI is InChI=1S/C19H21N3O4S/c1-22(12-13-6-7-14(24-2)11-15(13)25-3)18(23)9-8-17-20-19(21-26-17)16-5-4-10-27-16/h4-7,10-11H,8-9,12H2,1-3H3. The molecule has 0 fully saturated rings. The number of amides is 1. The Bertz CT molecular complexity index is 892. The molecule has 0 spiro atoms. The fraction of sp³-hybridized carbons (Fsp3) is 0.316. The van der Waals surface area contributed by atoms with Crippen LogP contribution in [0.4, 0.5) is 0 Å². The molecule has 142 valence electrons. The molecule has 0 radical (unpaired) electrons. The van der Waals surface area contributed by atoms with Crippen molar-refractivity contribution in [3.05, 3.63) is 47.2 Å². The lowest BCUT2D eigenvalue weighted by Gasteiger charge is -2.19. The van der Waals surface area contributed by atoms with E-state index in [9.17, 15) is 4.79 Å². The van der Waals surface area contributed by atoms with Crippen LogP contribution >= 0.6 is 11.3 Å². The highest BCUT2D eigenvalue weighted by Crippen LogP contribution is 2.26. The number of ether oxygens (including phenoxy) is 2. The van der Waals surface area contributed by atoms with Crippen LogP contribution < -0.4 is 9.47 Å². The fourth-order valence-electron chi connectivity index (χ4n) is 2.59. The molecule has 0 saturated heterocycles. The zero-order valence-corrected chi connectivity index (χ0v) is 16.3. The molecule has 0 N–H and O–H groups in total. The van der Waals surface area contributed by atoms with Gasteiger partial charge in [-0.25, -0.2) is 0 Å². The molecule has 1 aromatic carbocycles. The molecule has 2 heterocycles. The summed E-state index contributed by atoms with van der Waals surface area (Å²) in [5, 5.41) is 5.91. The number of aromatic nitrogens is 2. The normalized spacial score (nSPS) is 10.6. The maximum Gasteiger partial charge on any atom is 0.227 e. The third kappa shape index (κ3) is 4.65. The van der Waals surface area contributed by atoms with Crippen LogP contribution in [0, 0.1) is 0 Å². The van der Waals surface area contributed by atoms with Crippen molar-refractivity contribution >= 4 is 17.2 Å². The number of carbonyl (C=O) groups is 1. The van der Waals surface area contributed by atoms with Gasteiger partial charge >= 0.3 is 0 Å². The van der Waals surface area contributed by atoms with Crippen LogP contribution in [0.3, 0.4) is 0 Å². The monoisotopic (exact) mass is 387 g/mol. The number of rotatable bonds is 8. The van der Waals surface area contributed by atoms with Gasteiger partial charge in [-0.05, 0) is 23.6 Å². The van der Waals surface area contributed by atoms with E-state index in [-0.39, 0.29) is 5.91 Å². The van der Waals surface area contributed by atoms with Gasteiger partial charge in [0.05, 0.1) is 19.1 Å². The van der Waals surface area contributed by atoms with Crippen molar-refractivity contribution in [2.45, 2.75) is 19.4 Å². The topological polar surface area (TPSA) is 77.7 Å². The van der Waals surface area contributed by atoms with Gasteiger partial charge in [-0.1, -0.05) is 11.2 Å². The first-order valence-corrected chi connectivity index (χ1v) is 9.30. The first-order chi connectivity index (χ1) is 13.1. The quantitative estimate of drug-likeness (QED) is 0.589. The molecule has 0 bridgehead atoms. The zero-order valence-electron chi connectivity index (χ0n) is 15.5. The highest BCUT2D eigenvalue weighted by Gasteiger charge is 2.15. The highest BCUT2D eigenvalue weighted by atomic mass is 32.1. The zero-order chi connectivity index (χ0) is 19.2. The Morgan fingerprint density at radius 2 is 2.11 bits per heavy atom. The number of aryl methyl sites for hydroxylation is 1. The van der Waals surface area contributed by atoms with Crippen molar-refractivity contribution in [2.75, 3.05) is 21.3 Å². The van der Waals surface area contributed by atoms with E-state index in [1.807, 2.05) is 29.6 Å². The second-order valence-corrected chi connectivity index (χ2v) is 6.86. The summed E-state index contributed by atoms with van der Waals surface area (Å²) in [5.74, 6) is 2.41. The van der Waals surface area contributed by atoms with Crippen molar-refractivity contribution in [1.82, 2.24) is 15.0 Å². The van der Waals surface area contributed by atoms with Crippen molar-refractivity contribution in [2.24, 2.45) is 0 Å². The van der Waals surface area contributed by atoms with Gasteiger partial charge in [0.25, 0.3) is 0 Å². The maximum atomic E-state index is 12.5. The Morgan fingerprint density at radius 1 is 1.26 bits per heavy atom. The molecule has 0 aliphatic carbocycles. The Morgan fingerprint density at radius 3 is 2.81 bits per heavy atom. The van der Waals surface area contributed by atoms with E-state index >= 15 is 0 Å². The minimum absolute atomic E-state index is 0.0104. The number of carbonyl (C=O) groups excluding carboxylic acids is 1. The molecule has 8 heteroatoms. The predicted molar refractivity (Wildman–Crippen MR) is 102 cm³/mol. The summed E-state index contributed by atoms with van der Waals surface area (Å²) in [4.78, 5) is 19.4.